The fourth-order valence-corrected chi connectivity index (χ4v) is 2.34. The maximum atomic E-state index is 12.0. The summed E-state index contributed by atoms with van der Waals surface area (Å²) >= 11 is 6.14. The summed E-state index contributed by atoms with van der Waals surface area (Å²) in [5, 5.41) is 0.649. The first-order valence-electron chi connectivity index (χ1n) is 7.04. The minimum absolute atomic E-state index is 0.228. The number of ether oxygens (including phenoxy) is 1. The number of hydrogen-bond acceptors (Lipinski definition) is 4. The lowest BCUT2D eigenvalue weighted by Crippen LogP contribution is -2.05. The lowest BCUT2D eigenvalue weighted by atomic mass is 10.1. The third-order valence-corrected chi connectivity index (χ3v) is 3.90. The van der Waals surface area contributed by atoms with Crippen molar-refractivity contribution in [3.63, 3.8) is 0 Å². The van der Waals surface area contributed by atoms with Gasteiger partial charge in [-0.25, -0.2) is 9.78 Å². The number of aryl methyl sites for hydroxylation is 1. The quantitative estimate of drug-likeness (QED) is 0.788. The number of hydrogen-bond donors (Lipinski definition) is 0. The number of nitrogens with zero attached hydrogens (tertiary/aromatic N) is 1. The van der Waals surface area contributed by atoms with Gasteiger partial charge in [0, 0.05) is 16.5 Å². The topological polar surface area (TPSA) is 52.3 Å². The van der Waals surface area contributed by atoms with Crippen LogP contribution in [0, 0.1) is 6.92 Å². The van der Waals surface area contributed by atoms with Crippen molar-refractivity contribution >= 4 is 17.6 Å². The molecule has 110 valence electrons. The van der Waals surface area contributed by atoms with Gasteiger partial charge in [0.05, 0.1) is 12.3 Å². The van der Waals surface area contributed by atoms with Gasteiger partial charge in [-0.3, -0.25) is 0 Å². The van der Waals surface area contributed by atoms with Crippen LogP contribution in [0.4, 0.5) is 0 Å². The molecule has 0 N–H and O–H groups in total. The van der Waals surface area contributed by atoms with Gasteiger partial charge in [0.2, 0.25) is 11.7 Å². The van der Waals surface area contributed by atoms with Crippen molar-refractivity contribution in [3.05, 3.63) is 40.2 Å². The Morgan fingerprint density at radius 3 is 2.86 bits per heavy atom. The van der Waals surface area contributed by atoms with Gasteiger partial charge in [-0.05, 0) is 44.4 Å². The second-order valence-corrected chi connectivity index (χ2v) is 5.60. The van der Waals surface area contributed by atoms with Crippen LogP contribution in [0.25, 0.3) is 11.5 Å². The van der Waals surface area contributed by atoms with Gasteiger partial charge in [-0.15, -0.1) is 0 Å². The number of rotatable bonds is 4. The van der Waals surface area contributed by atoms with E-state index in [-0.39, 0.29) is 5.76 Å². The highest BCUT2D eigenvalue weighted by molar-refractivity contribution is 6.31. The summed E-state index contributed by atoms with van der Waals surface area (Å²) in [5.74, 6) is 0.507. The summed E-state index contributed by atoms with van der Waals surface area (Å²) in [6.07, 6.45) is 2.07. The number of oxazole rings is 1. The average molecular weight is 306 g/mol. The molecular weight excluding hydrogens is 290 g/mol. The molecule has 0 spiro atoms. The van der Waals surface area contributed by atoms with E-state index in [1.54, 1.807) is 13.0 Å². The highest BCUT2D eigenvalue weighted by Gasteiger charge is 2.34. The zero-order valence-electron chi connectivity index (χ0n) is 12.0. The Morgan fingerprint density at radius 1 is 1.48 bits per heavy atom. The largest absolute Gasteiger partial charge is 0.460 e. The molecule has 0 saturated heterocycles. The molecule has 1 saturated carbocycles. The van der Waals surface area contributed by atoms with Crippen molar-refractivity contribution < 1.29 is 13.9 Å². The number of carbonyl (C=O) groups excluding carboxylic acids is 1. The second-order valence-electron chi connectivity index (χ2n) is 5.19. The van der Waals surface area contributed by atoms with Gasteiger partial charge in [-0.1, -0.05) is 17.7 Å². The molecule has 1 heterocycles. The standard InChI is InChI=1S/C16H16ClNO3/c1-3-20-16(19)14-13(10-6-7-10)18-15(21-14)11-5-4-9(2)12(17)8-11/h4-5,8,10H,3,6-7H2,1-2H3. The Labute approximate surface area is 128 Å². The summed E-state index contributed by atoms with van der Waals surface area (Å²) in [4.78, 5) is 16.5. The highest BCUT2D eigenvalue weighted by Crippen LogP contribution is 2.42. The molecule has 0 aliphatic heterocycles. The van der Waals surface area contributed by atoms with Crippen LogP contribution in [0.5, 0.6) is 0 Å². The molecule has 21 heavy (non-hydrogen) atoms. The van der Waals surface area contributed by atoms with Crippen molar-refractivity contribution in [3.8, 4) is 11.5 Å². The molecule has 0 atom stereocenters. The maximum absolute atomic E-state index is 12.0. The maximum Gasteiger partial charge on any atom is 0.376 e. The van der Waals surface area contributed by atoms with Gasteiger partial charge in [0.1, 0.15) is 0 Å². The third-order valence-electron chi connectivity index (χ3n) is 3.50. The minimum atomic E-state index is -0.448. The predicted octanol–water partition coefficient (Wildman–Crippen LogP) is 4.36. The zero-order valence-corrected chi connectivity index (χ0v) is 12.7. The first-order chi connectivity index (χ1) is 10.1. The summed E-state index contributed by atoms with van der Waals surface area (Å²) < 4.78 is 10.7. The average Bonchev–Trinajstić information content (AvgIpc) is 3.21. The molecule has 1 fully saturated rings. The number of halogens is 1. The lowest BCUT2D eigenvalue weighted by molar-refractivity contribution is 0.0489. The van der Waals surface area contributed by atoms with E-state index in [0.717, 1.165) is 24.0 Å². The summed E-state index contributed by atoms with van der Waals surface area (Å²) in [7, 11) is 0. The van der Waals surface area contributed by atoms with E-state index >= 15 is 0 Å². The van der Waals surface area contributed by atoms with Gasteiger partial charge in [0.25, 0.3) is 0 Å². The van der Waals surface area contributed by atoms with E-state index in [1.807, 2.05) is 19.1 Å². The Bertz CT molecular complexity index is 689. The molecule has 5 heteroatoms. The van der Waals surface area contributed by atoms with Crippen LogP contribution in [-0.2, 0) is 4.74 Å². The van der Waals surface area contributed by atoms with Gasteiger partial charge < -0.3 is 9.15 Å². The van der Waals surface area contributed by atoms with E-state index in [1.165, 1.54) is 0 Å². The first-order valence-corrected chi connectivity index (χ1v) is 7.42. The van der Waals surface area contributed by atoms with E-state index < -0.39 is 5.97 Å². The SMILES string of the molecule is CCOC(=O)c1oc(-c2ccc(C)c(Cl)c2)nc1C1CC1. The van der Waals surface area contributed by atoms with Crippen molar-refractivity contribution in [2.45, 2.75) is 32.6 Å². The van der Waals surface area contributed by atoms with E-state index in [9.17, 15) is 4.79 Å². The Balaban J connectivity index is 2.01. The normalized spacial score (nSPS) is 14.2. The molecule has 3 rings (SSSR count). The fraction of sp³-hybridized carbons (Fsp3) is 0.375. The molecule has 0 bridgehead atoms. The van der Waals surface area contributed by atoms with Crippen LogP contribution in [0.3, 0.4) is 0 Å². The molecule has 1 aliphatic rings. The van der Waals surface area contributed by atoms with Crippen molar-refractivity contribution in [1.82, 2.24) is 4.98 Å². The third kappa shape index (κ3) is 2.81. The zero-order chi connectivity index (χ0) is 15.0. The predicted molar refractivity (Wildman–Crippen MR) is 79.6 cm³/mol. The molecule has 1 aromatic heterocycles. The molecule has 1 aromatic carbocycles. The summed E-state index contributed by atoms with van der Waals surface area (Å²) in [6.45, 7) is 4.02. The van der Waals surface area contributed by atoms with Crippen LogP contribution in [0.1, 0.15) is 47.5 Å². The van der Waals surface area contributed by atoms with Gasteiger partial charge in [0.15, 0.2) is 0 Å². The highest BCUT2D eigenvalue weighted by atomic mass is 35.5. The lowest BCUT2D eigenvalue weighted by Gasteiger charge is -2.00. The van der Waals surface area contributed by atoms with Crippen LogP contribution in [0.2, 0.25) is 5.02 Å². The number of aromatic nitrogens is 1. The molecule has 0 radical (unpaired) electrons. The number of esters is 1. The smallest absolute Gasteiger partial charge is 0.376 e. The van der Waals surface area contributed by atoms with Gasteiger partial charge >= 0.3 is 5.97 Å². The number of benzene rings is 1. The van der Waals surface area contributed by atoms with E-state index in [0.29, 0.717) is 29.1 Å². The Hall–Kier alpha value is -1.81. The molecule has 2 aromatic rings. The Morgan fingerprint density at radius 2 is 2.24 bits per heavy atom. The minimum Gasteiger partial charge on any atom is -0.460 e. The number of carbonyl (C=O) groups is 1. The van der Waals surface area contributed by atoms with Crippen molar-refractivity contribution in [1.29, 1.82) is 0 Å². The van der Waals surface area contributed by atoms with E-state index in [4.69, 9.17) is 20.8 Å². The molecular formula is C16H16ClNO3. The first kappa shape index (κ1) is 14.1. The molecule has 1 aliphatic carbocycles. The van der Waals surface area contributed by atoms with Crippen molar-refractivity contribution in [2.24, 2.45) is 0 Å². The fourth-order valence-electron chi connectivity index (χ4n) is 2.16. The second kappa shape index (κ2) is 5.53. The summed E-state index contributed by atoms with van der Waals surface area (Å²) in [5.41, 5.74) is 2.46. The van der Waals surface area contributed by atoms with Crippen LogP contribution in [0.15, 0.2) is 22.6 Å². The van der Waals surface area contributed by atoms with Gasteiger partial charge in [-0.2, -0.15) is 0 Å². The van der Waals surface area contributed by atoms with Crippen molar-refractivity contribution in [2.75, 3.05) is 6.61 Å². The van der Waals surface area contributed by atoms with Crippen LogP contribution >= 0.6 is 11.6 Å². The van der Waals surface area contributed by atoms with E-state index in [2.05, 4.69) is 4.98 Å². The molecule has 0 unspecified atom stereocenters. The molecule has 0 amide bonds. The van der Waals surface area contributed by atoms with Crippen LogP contribution < -0.4 is 0 Å². The molecule has 4 nitrogen and oxygen atoms in total. The monoisotopic (exact) mass is 305 g/mol. The summed E-state index contributed by atoms with van der Waals surface area (Å²) in [6, 6.07) is 5.59. The Kier molecular flexibility index (Phi) is 3.72. The van der Waals surface area contributed by atoms with Crippen LogP contribution in [-0.4, -0.2) is 17.6 Å².